The molecule has 0 saturated carbocycles. The fraction of sp³-hybridized carbons (Fsp3) is 0.458. The van der Waals surface area contributed by atoms with Crippen molar-refractivity contribution >= 4 is 5.91 Å². The van der Waals surface area contributed by atoms with E-state index in [1.54, 1.807) is 0 Å². The molecular weight excluding hydrogens is 350 g/mol. The molecule has 0 aliphatic rings. The van der Waals surface area contributed by atoms with Gasteiger partial charge in [0.2, 0.25) is 0 Å². The Balaban J connectivity index is 1.81. The second-order valence-electron chi connectivity index (χ2n) is 7.42. The minimum absolute atomic E-state index is 0.0553. The molecule has 0 aliphatic carbocycles. The largest absolute Gasteiger partial charge is 0.491 e. The molecule has 4 heteroatoms. The Hall–Kier alpha value is -2.49. The Labute approximate surface area is 169 Å². The van der Waals surface area contributed by atoms with E-state index < -0.39 is 6.10 Å². The minimum atomic E-state index is -0.469. The third-order valence-corrected chi connectivity index (χ3v) is 4.70. The first-order valence-corrected chi connectivity index (χ1v) is 10.2. The summed E-state index contributed by atoms with van der Waals surface area (Å²) in [6.45, 7) is 10.7. The van der Waals surface area contributed by atoms with Crippen LogP contribution in [-0.4, -0.2) is 24.7 Å². The van der Waals surface area contributed by atoms with Gasteiger partial charge in [0.1, 0.15) is 11.5 Å². The van der Waals surface area contributed by atoms with Gasteiger partial charge in [-0.15, -0.1) is 0 Å². The summed E-state index contributed by atoms with van der Waals surface area (Å²) in [6, 6.07) is 14.1. The van der Waals surface area contributed by atoms with Gasteiger partial charge in [0.15, 0.2) is 6.10 Å². The molecule has 1 N–H and O–H groups in total. The Morgan fingerprint density at radius 1 is 1.07 bits per heavy atom. The van der Waals surface area contributed by atoms with E-state index in [2.05, 4.69) is 17.4 Å². The van der Waals surface area contributed by atoms with Crippen molar-refractivity contribution in [2.24, 2.45) is 0 Å². The predicted molar refractivity (Wildman–Crippen MR) is 114 cm³/mol. The van der Waals surface area contributed by atoms with Crippen LogP contribution in [0.3, 0.4) is 0 Å². The number of nitrogens with one attached hydrogen (secondary N) is 1. The second kappa shape index (κ2) is 10.7. The molecule has 0 aliphatic heterocycles. The Kier molecular flexibility index (Phi) is 8.37. The van der Waals surface area contributed by atoms with Crippen molar-refractivity contribution in [3.63, 3.8) is 0 Å². The third kappa shape index (κ3) is 6.59. The highest BCUT2D eigenvalue weighted by atomic mass is 16.5. The molecular formula is C24H33NO3. The summed E-state index contributed by atoms with van der Waals surface area (Å²) in [5, 5.41) is 3.01. The number of hydrogen-bond acceptors (Lipinski definition) is 3. The highest BCUT2D eigenvalue weighted by Gasteiger charge is 2.19. The van der Waals surface area contributed by atoms with E-state index in [1.807, 2.05) is 65.0 Å². The fourth-order valence-corrected chi connectivity index (χ4v) is 2.99. The topological polar surface area (TPSA) is 47.6 Å². The maximum Gasteiger partial charge on any atom is 0.261 e. The smallest absolute Gasteiger partial charge is 0.261 e. The van der Waals surface area contributed by atoms with Gasteiger partial charge in [-0.05, 0) is 81.8 Å². The summed E-state index contributed by atoms with van der Waals surface area (Å²) in [7, 11) is 0. The van der Waals surface area contributed by atoms with E-state index >= 15 is 0 Å². The lowest BCUT2D eigenvalue weighted by Crippen LogP contribution is -2.38. The van der Waals surface area contributed by atoms with Crippen LogP contribution < -0.4 is 14.8 Å². The monoisotopic (exact) mass is 383 g/mol. The van der Waals surface area contributed by atoms with Gasteiger partial charge in [0.25, 0.3) is 5.91 Å². The van der Waals surface area contributed by atoms with Crippen molar-refractivity contribution in [1.82, 2.24) is 5.32 Å². The van der Waals surface area contributed by atoms with Gasteiger partial charge in [-0.1, -0.05) is 31.2 Å². The van der Waals surface area contributed by atoms with E-state index in [4.69, 9.17) is 9.47 Å². The third-order valence-electron chi connectivity index (χ3n) is 4.70. The van der Waals surface area contributed by atoms with Crippen LogP contribution in [0.5, 0.6) is 11.5 Å². The van der Waals surface area contributed by atoms with Crippen LogP contribution in [0.2, 0.25) is 0 Å². The Morgan fingerprint density at radius 2 is 1.82 bits per heavy atom. The molecule has 152 valence electrons. The van der Waals surface area contributed by atoms with Gasteiger partial charge in [-0.25, -0.2) is 0 Å². The molecule has 1 atom stereocenters. The summed E-state index contributed by atoms with van der Waals surface area (Å²) in [4.78, 5) is 12.5. The number of hydrogen-bond donors (Lipinski definition) is 1. The highest BCUT2D eigenvalue weighted by Crippen LogP contribution is 2.22. The highest BCUT2D eigenvalue weighted by molar-refractivity contribution is 5.81. The summed E-state index contributed by atoms with van der Waals surface area (Å²) in [6.07, 6.45) is 2.09. The molecule has 2 rings (SSSR count). The van der Waals surface area contributed by atoms with Crippen molar-refractivity contribution in [3.05, 3.63) is 59.2 Å². The fourth-order valence-electron chi connectivity index (χ4n) is 2.99. The number of aryl methyl sites for hydroxylation is 2. The van der Waals surface area contributed by atoms with Crippen molar-refractivity contribution in [2.45, 2.75) is 66.1 Å². The van der Waals surface area contributed by atoms with Crippen LogP contribution in [-0.2, 0) is 11.2 Å². The van der Waals surface area contributed by atoms with Gasteiger partial charge >= 0.3 is 0 Å². The molecule has 1 amide bonds. The zero-order chi connectivity index (χ0) is 20.5. The van der Waals surface area contributed by atoms with Crippen LogP contribution in [0.4, 0.5) is 0 Å². The summed E-state index contributed by atoms with van der Waals surface area (Å²) >= 11 is 0. The molecule has 4 nitrogen and oxygen atoms in total. The number of carbonyl (C=O) groups excluding carboxylic acids is 1. The van der Waals surface area contributed by atoms with Crippen LogP contribution in [0.25, 0.3) is 0 Å². The number of amides is 1. The first-order chi connectivity index (χ1) is 13.4. The van der Waals surface area contributed by atoms with E-state index in [1.165, 1.54) is 5.56 Å². The normalized spacial score (nSPS) is 11.9. The zero-order valence-electron chi connectivity index (χ0n) is 17.7. The molecule has 0 bridgehead atoms. The van der Waals surface area contributed by atoms with Crippen LogP contribution in [0.1, 0.15) is 50.3 Å². The van der Waals surface area contributed by atoms with Crippen LogP contribution >= 0.6 is 0 Å². The van der Waals surface area contributed by atoms with E-state index in [-0.39, 0.29) is 12.0 Å². The first kappa shape index (κ1) is 21.8. The molecule has 0 radical (unpaired) electrons. The number of ether oxygens (including phenoxy) is 2. The lowest BCUT2D eigenvalue weighted by molar-refractivity contribution is -0.128. The molecule has 28 heavy (non-hydrogen) atoms. The standard InChI is InChI=1S/C24H33NO3/c1-6-22(28-23-14-7-10-18(4)19(23)5)24(26)25-15-9-12-20-11-8-13-21(16-20)27-17(2)3/h7-8,10-11,13-14,16-17,22H,6,9,12,15H2,1-5H3,(H,25,26). The number of rotatable bonds is 10. The first-order valence-electron chi connectivity index (χ1n) is 10.2. The SMILES string of the molecule is CCC(Oc1cccc(C)c1C)C(=O)NCCCc1cccc(OC(C)C)c1. The van der Waals surface area contributed by atoms with E-state index in [9.17, 15) is 4.79 Å². The Bertz CT molecular complexity index is 770. The predicted octanol–water partition coefficient (Wildman–Crippen LogP) is 5.00. The van der Waals surface area contributed by atoms with Crippen molar-refractivity contribution in [2.75, 3.05) is 6.54 Å². The minimum Gasteiger partial charge on any atom is -0.491 e. The van der Waals surface area contributed by atoms with Gasteiger partial charge in [-0.2, -0.15) is 0 Å². The van der Waals surface area contributed by atoms with E-state index in [0.717, 1.165) is 35.5 Å². The van der Waals surface area contributed by atoms with Crippen molar-refractivity contribution < 1.29 is 14.3 Å². The molecule has 2 aromatic rings. The maximum atomic E-state index is 12.5. The number of benzene rings is 2. The quantitative estimate of drug-likeness (QED) is 0.588. The van der Waals surface area contributed by atoms with Crippen molar-refractivity contribution in [1.29, 1.82) is 0 Å². The maximum absolute atomic E-state index is 12.5. The lowest BCUT2D eigenvalue weighted by atomic mass is 10.1. The zero-order valence-corrected chi connectivity index (χ0v) is 17.7. The average molecular weight is 384 g/mol. The van der Waals surface area contributed by atoms with Gasteiger partial charge < -0.3 is 14.8 Å². The number of carbonyl (C=O) groups is 1. The lowest BCUT2D eigenvalue weighted by Gasteiger charge is -2.19. The molecule has 0 heterocycles. The summed E-state index contributed by atoms with van der Waals surface area (Å²) < 4.78 is 11.7. The van der Waals surface area contributed by atoms with Crippen LogP contribution in [0, 0.1) is 13.8 Å². The summed E-state index contributed by atoms with van der Waals surface area (Å²) in [5.41, 5.74) is 3.46. The molecule has 1 unspecified atom stereocenters. The molecule has 2 aromatic carbocycles. The van der Waals surface area contributed by atoms with Gasteiger partial charge in [0, 0.05) is 6.54 Å². The van der Waals surface area contributed by atoms with Gasteiger partial charge in [-0.3, -0.25) is 4.79 Å². The van der Waals surface area contributed by atoms with Crippen molar-refractivity contribution in [3.8, 4) is 11.5 Å². The molecule has 0 saturated heterocycles. The molecule has 0 spiro atoms. The second-order valence-corrected chi connectivity index (χ2v) is 7.42. The van der Waals surface area contributed by atoms with E-state index in [0.29, 0.717) is 13.0 Å². The molecule has 0 aromatic heterocycles. The summed E-state index contributed by atoms with van der Waals surface area (Å²) in [5.74, 6) is 1.62. The van der Waals surface area contributed by atoms with Gasteiger partial charge in [0.05, 0.1) is 6.10 Å². The average Bonchev–Trinajstić information content (AvgIpc) is 2.66. The van der Waals surface area contributed by atoms with Crippen LogP contribution in [0.15, 0.2) is 42.5 Å². The molecule has 0 fully saturated rings. The Morgan fingerprint density at radius 3 is 2.54 bits per heavy atom.